The van der Waals surface area contributed by atoms with Crippen molar-refractivity contribution in [2.24, 2.45) is 0 Å². The van der Waals surface area contributed by atoms with E-state index in [1.807, 2.05) is 6.92 Å². The van der Waals surface area contributed by atoms with Crippen LogP contribution in [0.3, 0.4) is 0 Å². The van der Waals surface area contributed by atoms with E-state index < -0.39 is 34.9 Å². The molecule has 2 amide bonds. The normalized spacial score (nSPS) is 21.6. The van der Waals surface area contributed by atoms with Crippen molar-refractivity contribution in [1.29, 1.82) is 0 Å². The molecule has 2 aromatic carbocycles. The Balaban J connectivity index is 1.57. The molecule has 192 valence electrons. The Morgan fingerprint density at radius 1 is 1.03 bits per heavy atom. The molecule has 2 aliphatic heterocycles. The van der Waals surface area contributed by atoms with Gasteiger partial charge in [0.2, 0.25) is 0 Å². The lowest BCUT2D eigenvalue weighted by atomic mass is 9.81. The number of amides is 2. The van der Waals surface area contributed by atoms with Crippen molar-refractivity contribution in [3.63, 3.8) is 0 Å². The van der Waals surface area contributed by atoms with Gasteiger partial charge in [-0.15, -0.1) is 0 Å². The molecule has 2 saturated heterocycles. The van der Waals surface area contributed by atoms with E-state index in [2.05, 4.69) is 17.2 Å². The molecule has 2 aliphatic rings. The minimum atomic E-state index is -4.16. The molecular weight excluding hydrogens is 474 g/mol. The quantitative estimate of drug-likeness (QED) is 0.501. The van der Waals surface area contributed by atoms with E-state index in [4.69, 9.17) is 0 Å². The Morgan fingerprint density at radius 2 is 1.67 bits per heavy atom. The Morgan fingerprint density at radius 3 is 2.28 bits per heavy atom. The van der Waals surface area contributed by atoms with E-state index in [0.29, 0.717) is 31.7 Å². The van der Waals surface area contributed by atoms with Gasteiger partial charge >= 0.3 is 5.92 Å². The molecule has 9 heteroatoms. The van der Waals surface area contributed by atoms with Gasteiger partial charge in [-0.3, -0.25) is 9.59 Å². The molecule has 0 saturated carbocycles. The number of rotatable bonds is 6. The first kappa shape index (κ1) is 25.7. The van der Waals surface area contributed by atoms with Crippen molar-refractivity contribution in [3.8, 4) is 0 Å². The average molecular weight is 504 g/mol. The number of halogens is 4. The third-order valence-corrected chi connectivity index (χ3v) is 6.91. The van der Waals surface area contributed by atoms with Gasteiger partial charge in [0, 0.05) is 35.1 Å². The number of aryl methyl sites for hydroxylation is 1. The van der Waals surface area contributed by atoms with Gasteiger partial charge in [0.25, 0.3) is 11.8 Å². The van der Waals surface area contributed by atoms with E-state index >= 15 is 8.78 Å². The Kier molecular flexibility index (Phi) is 7.11. The SMILES string of the molecule is C=C(C)NC1C[C@H]2CCC[C@@H](C1)N2C(=O)C(F)(F)c1cc(C(=O)Nc2ccc(F)c(C)c2)ccc1F. The van der Waals surface area contributed by atoms with Crippen molar-refractivity contribution in [2.75, 3.05) is 5.32 Å². The summed E-state index contributed by atoms with van der Waals surface area (Å²) < 4.78 is 59.2. The zero-order chi connectivity index (χ0) is 26.2. The fourth-order valence-electron chi connectivity index (χ4n) is 5.29. The number of hydrogen-bond donors (Lipinski definition) is 2. The predicted molar refractivity (Wildman–Crippen MR) is 129 cm³/mol. The minimum absolute atomic E-state index is 0.0364. The van der Waals surface area contributed by atoms with E-state index in [1.54, 1.807) is 0 Å². The number of hydrogen-bond acceptors (Lipinski definition) is 3. The molecule has 5 nitrogen and oxygen atoms in total. The van der Waals surface area contributed by atoms with Gasteiger partial charge in [-0.25, -0.2) is 8.78 Å². The molecule has 0 aromatic heterocycles. The van der Waals surface area contributed by atoms with E-state index in [-0.39, 0.29) is 34.9 Å². The number of nitrogens with one attached hydrogen (secondary N) is 2. The Bertz CT molecular complexity index is 1190. The first-order valence-corrected chi connectivity index (χ1v) is 12.0. The van der Waals surface area contributed by atoms with Crippen LogP contribution in [0.4, 0.5) is 23.2 Å². The van der Waals surface area contributed by atoms with Gasteiger partial charge < -0.3 is 15.5 Å². The van der Waals surface area contributed by atoms with Crippen LogP contribution >= 0.6 is 0 Å². The minimum Gasteiger partial charge on any atom is -0.386 e. The summed E-state index contributed by atoms with van der Waals surface area (Å²) >= 11 is 0. The van der Waals surface area contributed by atoms with Crippen molar-refractivity contribution >= 4 is 17.5 Å². The summed E-state index contributed by atoms with van der Waals surface area (Å²) in [5.74, 6) is -8.12. The maximum atomic E-state index is 15.5. The van der Waals surface area contributed by atoms with Gasteiger partial charge in [-0.05, 0) is 87.9 Å². The highest BCUT2D eigenvalue weighted by atomic mass is 19.3. The molecule has 3 atom stereocenters. The van der Waals surface area contributed by atoms with Crippen LogP contribution in [-0.2, 0) is 10.7 Å². The fraction of sp³-hybridized carbons (Fsp3) is 0.407. The molecule has 2 heterocycles. The lowest BCUT2D eigenvalue weighted by Crippen LogP contribution is -2.60. The molecule has 0 spiro atoms. The van der Waals surface area contributed by atoms with Gasteiger partial charge in [0.15, 0.2) is 0 Å². The summed E-state index contributed by atoms with van der Waals surface area (Å²) in [4.78, 5) is 27.1. The largest absolute Gasteiger partial charge is 0.386 e. The number of carbonyl (C=O) groups excluding carboxylic acids is 2. The maximum Gasteiger partial charge on any atom is 0.352 e. The van der Waals surface area contributed by atoms with E-state index in [1.165, 1.54) is 30.0 Å². The number of nitrogens with zero attached hydrogens (tertiary/aromatic N) is 1. The van der Waals surface area contributed by atoms with Crippen molar-refractivity contribution in [2.45, 2.75) is 70.0 Å². The van der Waals surface area contributed by atoms with Gasteiger partial charge in [0.05, 0.1) is 5.56 Å². The Labute approximate surface area is 207 Å². The summed E-state index contributed by atoms with van der Waals surface area (Å²) in [6.07, 6.45) is 3.03. The summed E-state index contributed by atoms with van der Waals surface area (Å²) in [7, 11) is 0. The van der Waals surface area contributed by atoms with Gasteiger partial charge in [-0.1, -0.05) is 6.58 Å². The van der Waals surface area contributed by atoms with Crippen LogP contribution < -0.4 is 10.6 Å². The zero-order valence-corrected chi connectivity index (χ0v) is 20.2. The second kappa shape index (κ2) is 9.95. The second-order valence-electron chi connectivity index (χ2n) is 9.73. The van der Waals surface area contributed by atoms with Crippen LogP contribution in [0.2, 0.25) is 0 Å². The highest BCUT2D eigenvalue weighted by Crippen LogP contribution is 2.40. The smallest absolute Gasteiger partial charge is 0.352 e. The lowest BCUT2D eigenvalue weighted by Gasteiger charge is -2.50. The highest BCUT2D eigenvalue weighted by molar-refractivity contribution is 6.04. The third kappa shape index (κ3) is 5.10. The molecule has 0 aliphatic carbocycles. The van der Waals surface area contributed by atoms with Crippen LogP contribution in [-0.4, -0.2) is 34.8 Å². The topological polar surface area (TPSA) is 61.4 Å². The first-order valence-electron chi connectivity index (χ1n) is 12.0. The Hall–Kier alpha value is -3.36. The standard InChI is InChI=1S/C27H29F4N3O2/c1-15(2)32-19-13-20-5-4-6-21(14-19)34(20)26(36)27(30,31)22-12-17(7-9-24(22)29)25(35)33-18-8-10-23(28)16(3)11-18/h7-12,19-21,32H,1,4-6,13-14H2,2-3H3,(H,33,35)/t19?,20-,21+. The molecule has 2 fully saturated rings. The number of carbonyl (C=O) groups is 2. The number of fused-ring (bicyclic) bond motifs is 2. The summed E-state index contributed by atoms with van der Waals surface area (Å²) in [6, 6.07) is 5.68. The lowest BCUT2D eigenvalue weighted by molar-refractivity contribution is -0.170. The number of alkyl halides is 2. The molecule has 36 heavy (non-hydrogen) atoms. The number of piperidine rings is 2. The monoisotopic (exact) mass is 503 g/mol. The third-order valence-electron chi connectivity index (χ3n) is 6.91. The number of anilines is 1. The molecule has 2 bridgehead atoms. The molecule has 2 N–H and O–H groups in total. The fourth-order valence-corrected chi connectivity index (χ4v) is 5.29. The second-order valence-corrected chi connectivity index (χ2v) is 9.73. The van der Waals surface area contributed by atoms with Crippen molar-refractivity contribution in [1.82, 2.24) is 10.2 Å². The highest BCUT2D eigenvalue weighted by Gasteiger charge is 2.52. The summed E-state index contributed by atoms with van der Waals surface area (Å²) in [6.45, 7) is 7.18. The number of benzene rings is 2. The molecule has 1 unspecified atom stereocenters. The van der Waals surface area contributed by atoms with Crippen LogP contribution in [0.1, 0.15) is 60.5 Å². The van der Waals surface area contributed by atoms with Crippen LogP contribution in [0.5, 0.6) is 0 Å². The molecule has 2 aromatic rings. The van der Waals surface area contributed by atoms with Crippen molar-refractivity contribution in [3.05, 3.63) is 77.0 Å². The predicted octanol–water partition coefficient (Wildman–Crippen LogP) is 5.65. The van der Waals surface area contributed by atoms with Gasteiger partial charge in [0.1, 0.15) is 11.6 Å². The number of allylic oxidation sites excluding steroid dienone is 1. The van der Waals surface area contributed by atoms with Crippen molar-refractivity contribution < 1.29 is 27.2 Å². The summed E-state index contributed by atoms with van der Waals surface area (Å²) in [5, 5.41) is 5.74. The zero-order valence-electron chi connectivity index (χ0n) is 20.2. The first-order chi connectivity index (χ1) is 17.0. The van der Waals surface area contributed by atoms with E-state index in [0.717, 1.165) is 24.3 Å². The molecule has 4 rings (SSSR count). The van der Waals surface area contributed by atoms with Crippen LogP contribution in [0.15, 0.2) is 48.7 Å². The maximum absolute atomic E-state index is 15.5. The van der Waals surface area contributed by atoms with Gasteiger partial charge in [-0.2, -0.15) is 8.78 Å². The van der Waals surface area contributed by atoms with Crippen LogP contribution in [0.25, 0.3) is 0 Å². The summed E-state index contributed by atoms with van der Waals surface area (Å²) in [5.41, 5.74) is -0.0681. The van der Waals surface area contributed by atoms with Crippen LogP contribution in [0, 0.1) is 18.6 Å². The average Bonchev–Trinajstić information content (AvgIpc) is 2.80. The van der Waals surface area contributed by atoms with E-state index in [9.17, 15) is 18.4 Å². The molecular formula is C27H29F4N3O2. The molecule has 0 radical (unpaired) electrons.